The Kier molecular flexibility index (Phi) is 12.6. The number of amides is 2. The topological polar surface area (TPSA) is 120 Å². The molecule has 67 heavy (non-hydrogen) atoms. The summed E-state index contributed by atoms with van der Waals surface area (Å²) in [7, 11) is 1.23. The van der Waals surface area contributed by atoms with Crippen molar-refractivity contribution in [2.75, 3.05) is 17.1 Å². The van der Waals surface area contributed by atoms with Crippen LogP contribution in [0.15, 0.2) is 134 Å². The number of hydrazine groups is 1. The number of alkyl halides is 6. The van der Waals surface area contributed by atoms with Crippen LogP contribution in [0.3, 0.4) is 0 Å². The van der Waals surface area contributed by atoms with Gasteiger partial charge in [0, 0.05) is 68.6 Å². The van der Waals surface area contributed by atoms with Gasteiger partial charge in [0.05, 0.1) is 35.8 Å². The number of halogens is 9. The van der Waals surface area contributed by atoms with Crippen LogP contribution in [0.2, 0.25) is 15.1 Å². The number of anilines is 2. The fourth-order valence-electron chi connectivity index (χ4n) is 7.75. The van der Waals surface area contributed by atoms with E-state index in [2.05, 4.69) is 9.97 Å². The number of Topliss-reactive ketones (excluding diaryl/α,β-unsaturated/α-hetero) is 2. The van der Waals surface area contributed by atoms with Crippen molar-refractivity contribution in [3.05, 3.63) is 183 Å². The molecule has 8 aromatic rings. The smallest absolute Gasteiger partial charge is 0.432 e. The number of benzene rings is 4. The van der Waals surface area contributed by atoms with Gasteiger partial charge < -0.3 is 13.9 Å². The zero-order valence-corrected chi connectivity index (χ0v) is 36.5. The van der Waals surface area contributed by atoms with Crippen molar-refractivity contribution < 1.29 is 50.3 Å². The number of ketones is 2. The first-order valence-corrected chi connectivity index (χ1v) is 20.7. The number of ether oxygens (including phenoxy) is 1. The Morgan fingerprint density at radius 3 is 1.78 bits per heavy atom. The Bertz CT molecular complexity index is 3230. The SMILES string of the molecule is COc1ccc2c(c1)c(C(=O)C(=O)N(c1cccnc1)N(C(=O)C(=O)c1c(C(F)(F)F)n(Cc3ccc(Cl)cc3Cl)c3ccccc13)c1ccncc1)c(C(F)(F)F)n2Cc1ccc(Cl)cc1. The van der Waals surface area contributed by atoms with Crippen molar-refractivity contribution in [2.24, 2.45) is 0 Å². The van der Waals surface area contributed by atoms with Crippen molar-refractivity contribution in [1.82, 2.24) is 19.1 Å². The van der Waals surface area contributed by atoms with Gasteiger partial charge in [0.2, 0.25) is 0 Å². The summed E-state index contributed by atoms with van der Waals surface area (Å²) in [6.07, 6.45) is -6.25. The van der Waals surface area contributed by atoms with E-state index in [1.165, 1.54) is 98.2 Å². The summed E-state index contributed by atoms with van der Waals surface area (Å²) < 4.78 is 100.0. The van der Waals surface area contributed by atoms with Gasteiger partial charge in [-0.2, -0.15) is 26.3 Å². The third kappa shape index (κ3) is 8.92. The highest BCUT2D eigenvalue weighted by Gasteiger charge is 2.47. The molecule has 0 radical (unpaired) electrons. The molecule has 8 rings (SSSR count). The number of fused-ring (bicyclic) bond motifs is 2. The number of carbonyl (C=O) groups is 4. The second kappa shape index (κ2) is 18.2. The quantitative estimate of drug-likeness (QED) is 0.0548. The van der Waals surface area contributed by atoms with Gasteiger partial charge in [0.25, 0.3) is 11.6 Å². The molecule has 0 aliphatic heterocycles. The standard InChI is InChI=1S/C47H29Cl3F6N6O5/c1-67-32-14-15-37-34(22-32)39(43(47(54,55)56)59(37)24-26-8-11-28(48)12-9-26)41(64)45(66)62(31-5-4-18-58-23-31)61(30-16-19-57-20-17-30)44(65)40(63)38-33-6-2-3-7-36(33)60(42(38)46(51,52)53)25-27-10-13-29(49)21-35(27)50/h2-23H,24-25H2,1H3. The van der Waals surface area contributed by atoms with Gasteiger partial charge in [0.1, 0.15) is 17.1 Å². The van der Waals surface area contributed by atoms with Crippen molar-refractivity contribution in [1.29, 1.82) is 0 Å². The molecular formula is C47H29Cl3F6N6O5. The lowest BCUT2D eigenvalue weighted by atomic mass is 10.0. The third-order valence-corrected chi connectivity index (χ3v) is 11.4. The summed E-state index contributed by atoms with van der Waals surface area (Å²) in [4.78, 5) is 67.9. The van der Waals surface area contributed by atoms with Crippen LogP contribution in [-0.2, 0) is 35.0 Å². The van der Waals surface area contributed by atoms with Crippen molar-refractivity contribution in [3.63, 3.8) is 0 Å². The molecule has 0 aliphatic carbocycles. The highest BCUT2D eigenvalue weighted by atomic mass is 35.5. The minimum absolute atomic E-state index is 0.00161. The molecule has 0 saturated carbocycles. The number of aromatic nitrogens is 4. The van der Waals surface area contributed by atoms with E-state index < -0.39 is 82.7 Å². The monoisotopic (exact) mass is 976 g/mol. The Hall–Kier alpha value is -7.21. The second-order valence-electron chi connectivity index (χ2n) is 14.7. The zero-order chi connectivity index (χ0) is 47.9. The number of rotatable bonds is 11. The van der Waals surface area contributed by atoms with Crippen LogP contribution in [0.1, 0.15) is 43.2 Å². The summed E-state index contributed by atoms with van der Waals surface area (Å²) in [5, 5.41) is 0.365. The lowest BCUT2D eigenvalue weighted by Gasteiger charge is -2.33. The molecule has 2 amide bonds. The van der Waals surface area contributed by atoms with Crippen LogP contribution in [0.4, 0.5) is 37.7 Å². The molecule has 11 nitrogen and oxygen atoms in total. The fourth-order valence-corrected chi connectivity index (χ4v) is 8.35. The van der Waals surface area contributed by atoms with E-state index in [1.807, 2.05) is 0 Å². The minimum Gasteiger partial charge on any atom is -0.497 e. The second-order valence-corrected chi connectivity index (χ2v) is 16.0. The molecule has 0 aliphatic rings. The summed E-state index contributed by atoms with van der Waals surface area (Å²) >= 11 is 18.5. The summed E-state index contributed by atoms with van der Waals surface area (Å²) in [6.45, 7) is -1.04. The summed E-state index contributed by atoms with van der Waals surface area (Å²) in [5.41, 5.74) is -6.10. The molecule has 4 heterocycles. The number of nitrogens with zero attached hydrogens (tertiary/aromatic N) is 6. The summed E-state index contributed by atoms with van der Waals surface area (Å²) in [5.74, 6) is -7.34. The Labute approximate surface area is 390 Å². The predicted octanol–water partition coefficient (Wildman–Crippen LogP) is 11.5. The largest absolute Gasteiger partial charge is 0.497 e. The number of hydrogen-bond donors (Lipinski definition) is 0. The van der Waals surface area contributed by atoms with E-state index in [9.17, 15) is 9.59 Å². The fraction of sp³-hybridized carbons (Fsp3) is 0.106. The first-order valence-electron chi connectivity index (χ1n) is 19.6. The first-order chi connectivity index (χ1) is 31.9. The highest BCUT2D eigenvalue weighted by molar-refractivity contribution is 6.54. The van der Waals surface area contributed by atoms with E-state index in [0.717, 1.165) is 52.0 Å². The highest BCUT2D eigenvalue weighted by Crippen LogP contribution is 2.43. The van der Waals surface area contributed by atoms with E-state index >= 15 is 35.9 Å². The maximum atomic E-state index is 15.5. The normalized spacial score (nSPS) is 11.8. The van der Waals surface area contributed by atoms with E-state index in [1.54, 1.807) is 0 Å². The molecule has 0 unspecified atom stereocenters. The molecule has 4 aromatic carbocycles. The predicted molar refractivity (Wildman–Crippen MR) is 239 cm³/mol. The number of hydrogen-bond acceptors (Lipinski definition) is 7. The maximum absolute atomic E-state index is 15.5. The first kappa shape index (κ1) is 46.3. The molecular weight excluding hydrogens is 949 g/mol. The van der Waals surface area contributed by atoms with Crippen molar-refractivity contribution >= 4 is 91.4 Å². The van der Waals surface area contributed by atoms with Crippen LogP contribution < -0.4 is 14.8 Å². The van der Waals surface area contributed by atoms with Gasteiger partial charge in [-0.05, 0) is 83.9 Å². The van der Waals surface area contributed by atoms with Crippen LogP contribution >= 0.6 is 34.8 Å². The molecule has 0 saturated heterocycles. The maximum Gasteiger partial charge on any atom is 0.432 e. The molecule has 340 valence electrons. The molecule has 0 bridgehead atoms. The van der Waals surface area contributed by atoms with E-state index in [4.69, 9.17) is 39.5 Å². The lowest BCUT2D eigenvalue weighted by Crippen LogP contribution is -2.55. The lowest BCUT2D eigenvalue weighted by molar-refractivity contribution is -0.144. The van der Waals surface area contributed by atoms with Gasteiger partial charge in [0.15, 0.2) is 0 Å². The molecule has 20 heteroatoms. The van der Waals surface area contributed by atoms with Crippen LogP contribution in [0.5, 0.6) is 5.75 Å². The average Bonchev–Trinajstić information content (AvgIpc) is 3.82. The summed E-state index contributed by atoms with van der Waals surface area (Å²) in [6, 6.07) is 23.5. The molecule has 0 N–H and O–H groups in total. The van der Waals surface area contributed by atoms with Gasteiger partial charge in [-0.1, -0.05) is 71.2 Å². The Morgan fingerprint density at radius 2 is 1.18 bits per heavy atom. The van der Waals surface area contributed by atoms with Crippen molar-refractivity contribution in [3.8, 4) is 5.75 Å². The molecule has 4 aromatic heterocycles. The number of methoxy groups -OCH3 is 1. The minimum atomic E-state index is -5.32. The van der Waals surface area contributed by atoms with Crippen molar-refractivity contribution in [2.45, 2.75) is 25.4 Å². The van der Waals surface area contributed by atoms with Crippen LogP contribution in [0, 0.1) is 0 Å². The number of para-hydroxylation sites is 1. The average molecular weight is 978 g/mol. The van der Waals surface area contributed by atoms with Gasteiger partial charge >= 0.3 is 24.2 Å². The molecule has 0 fully saturated rings. The number of carbonyl (C=O) groups excluding carboxylic acids is 4. The number of pyridine rings is 2. The zero-order valence-electron chi connectivity index (χ0n) is 34.2. The van der Waals surface area contributed by atoms with E-state index in [-0.39, 0.29) is 48.2 Å². The van der Waals surface area contributed by atoms with Gasteiger partial charge in [-0.15, -0.1) is 0 Å². The van der Waals surface area contributed by atoms with Gasteiger partial charge in [-0.3, -0.25) is 29.1 Å². The van der Waals surface area contributed by atoms with Gasteiger partial charge in [-0.25, -0.2) is 10.0 Å². The van der Waals surface area contributed by atoms with Crippen LogP contribution in [0.25, 0.3) is 21.8 Å². The Morgan fingerprint density at radius 1 is 0.597 bits per heavy atom. The van der Waals surface area contributed by atoms with Crippen LogP contribution in [-0.4, -0.2) is 49.6 Å². The third-order valence-electron chi connectivity index (χ3n) is 10.6. The molecule has 0 spiro atoms. The van der Waals surface area contributed by atoms with E-state index in [0.29, 0.717) is 15.6 Å². The Balaban J connectivity index is 1.33. The molecule has 0 atom stereocenters.